The predicted molar refractivity (Wildman–Crippen MR) is 107 cm³/mol. The SMILES string of the molecule is C=COc1ccc2cc(-c3ccc(CCCCC)cc3C(F)(F)F)c(=O)oc2c1. The quantitative estimate of drug-likeness (QED) is 0.250. The Hall–Kier alpha value is -3.02. The number of hydrogen-bond donors (Lipinski definition) is 0. The van der Waals surface area contributed by atoms with E-state index in [1.165, 1.54) is 24.5 Å². The zero-order valence-electron chi connectivity index (χ0n) is 16.0. The van der Waals surface area contributed by atoms with E-state index in [2.05, 4.69) is 6.58 Å². The lowest BCUT2D eigenvalue weighted by Crippen LogP contribution is -2.12. The first-order chi connectivity index (χ1) is 13.8. The van der Waals surface area contributed by atoms with Crippen LogP contribution >= 0.6 is 0 Å². The van der Waals surface area contributed by atoms with Gasteiger partial charge in [-0.05, 0) is 42.7 Å². The average molecular weight is 402 g/mol. The lowest BCUT2D eigenvalue weighted by Gasteiger charge is -2.15. The van der Waals surface area contributed by atoms with Crippen LogP contribution in [-0.4, -0.2) is 0 Å². The summed E-state index contributed by atoms with van der Waals surface area (Å²) in [4.78, 5) is 12.5. The summed E-state index contributed by atoms with van der Waals surface area (Å²) >= 11 is 0. The minimum Gasteiger partial charge on any atom is -0.465 e. The largest absolute Gasteiger partial charge is 0.465 e. The highest BCUT2D eigenvalue weighted by atomic mass is 19.4. The zero-order chi connectivity index (χ0) is 21.0. The van der Waals surface area contributed by atoms with Crippen LogP contribution in [-0.2, 0) is 12.6 Å². The molecule has 1 aromatic heterocycles. The molecule has 0 aliphatic carbocycles. The highest BCUT2D eigenvalue weighted by Crippen LogP contribution is 2.38. The number of fused-ring (bicyclic) bond motifs is 1. The molecule has 0 atom stereocenters. The van der Waals surface area contributed by atoms with Crippen LogP contribution in [0.2, 0.25) is 0 Å². The molecule has 0 unspecified atom stereocenters. The standard InChI is InChI=1S/C23H21F3O3/c1-3-5-6-7-15-8-11-18(20(12-15)23(24,25)26)19-13-16-9-10-17(28-4-2)14-21(16)29-22(19)27/h4,8-14H,2-3,5-7H2,1H3. The molecule has 0 amide bonds. The van der Waals surface area contributed by atoms with Crippen molar-refractivity contribution >= 4 is 11.0 Å². The number of halogens is 3. The molecular formula is C23H21F3O3. The Morgan fingerprint density at radius 1 is 1.07 bits per heavy atom. The minimum absolute atomic E-state index is 0.123. The highest BCUT2D eigenvalue weighted by molar-refractivity contribution is 5.83. The second-order valence-corrected chi connectivity index (χ2v) is 6.77. The zero-order valence-corrected chi connectivity index (χ0v) is 16.0. The molecule has 3 nitrogen and oxygen atoms in total. The van der Waals surface area contributed by atoms with Gasteiger partial charge in [0.15, 0.2) is 0 Å². The van der Waals surface area contributed by atoms with Gasteiger partial charge in [0, 0.05) is 17.0 Å². The molecular weight excluding hydrogens is 381 g/mol. The first-order valence-corrected chi connectivity index (χ1v) is 9.39. The van der Waals surface area contributed by atoms with Crippen molar-refractivity contribution in [3.05, 3.63) is 76.9 Å². The van der Waals surface area contributed by atoms with Crippen molar-refractivity contribution in [1.82, 2.24) is 0 Å². The molecule has 0 N–H and O–H groups in total. The van der Waals surface area contributed by atoms with Crippen molar-refractivity contribution in [3.63, 3.8) is 0 Å². The van der Waals surface area contributed by atoms with Crippen molar-refractivity contribution in [1.29, 1.82) is 0 Å². The number of rotatable bonds is 7. The van der Waals surface area contributed by atoms with E-state index >= 15 is 0 Å². The molecule has 2 aromatic carbocycles. The normalized spacial score (nSPS) is 11.6. The predicted octanol–water partition coefficient (Wildman–Crippen LogP) is 6.73. The van der Waals surface area contributed by atoms with Crippen LogP contribution in [0.4, 0.5) is 13.2 Å². The molecule has 0 radical (unpaired) electrons. The van der Waals surface area contributed by atoms with Crippen LogP contribution in [0.3, 0.4) is 0 Å². The van der Waals surface area contributed by atoms with Gasteiger partial charge in [0.05, 0.1) is 17.4 Å². The van der Waals surface area contributed by atoms with Crippen LogP contribution in [0.5, 0.6) is 5.75 Å². The number of benzene rings is 2. The fraction of sp³-hybridized carbons (Fsp3) is 0.261. The topological polar surface area (TPSA) is 39.4 Å². The van der Waals surface area contributed by atoms with Gasteiger partial charge in [-0.25, -0.2) is 4.79 Å². The van der Waals surface area contributed by atoms with Gasteiger partial charge in [-0.3, -0.25) is 0 Å². The van der Waals surface area contributed by atoms with Gasteiger partial charge in [-0.15, -0.1) is 0 Å². The molecule has 0 aliphatic heterocycles. The number of ether oxygens (including phenoxy) is 1. The molecule has 29 heavy (non-hydrogen) atoms. The Balaban J connectivity index is 2.10. The number of alkyl halides is 3. The van der Waals surface area contributed by atoms with Gasteiger partial charge in [-0.1, -0.05) is 38.5 Å². The summed E-state index contributed by atoms with van der Waals surface area (Å²) in [6, 6.07) is 10.3. The van der Waals surface area contributed by atoms with Crippen molar-refractivity contribution in [2.75, 3.05) is 0 Å². The molecule has 0 spiro atoms. The summed E-state index contributed by atoms with van der Waals surface area (Å²) < 4.78 is 51.6. The summed E-state index contributed by atoms with van der Waals surface area (Å²) in [7, 11) is 0. The second kappa shape index (κ2) is 8.55. The monoisotopic (exact) mass is 402 g/mol. The Kier molecular flexibility index (Phi) is 6.11. The van der Waals surface area contributed by atoms with Crippen LogP contribution < -0.4 is 10.4 Å². The molecule has 0 bridgehead atoms. The maximum Gasteiger partial charge on any atom is 0.417 e. The Bertz CT molecular complexity index is 1080. The van der Waals surface area contributed by atoms with E-state index in [9.17, 15) is 18.0 Å². The van der Waals surface area contributed by atoms with Gasteiger partial charge in [0.2, 0.25) is 0 Å². The van der Waals surface area contributed by atoms with Crippen LogP contribution in [0.15, 0.2) is 64.5 Å². The molecule has 0 saturated heterocycles. The van der Waals surface area contributed by atoms with Gasteiger partial charge >= 0.3 is 11.8 Å². The molecule has 3 aromatic rings. The molecule has 0 fully saturated rings. The summed E-state index contributed by atoms with van der Waals surface area (Å²) in [5.74, 6) is 0.413. The number of aryl methyl sites for hydroxylation is 1. The third kappa shape index (κ3) is 4.70. The molecule has 6 heteroatoms. The first-order valence-electron chi connectivity index (χ1n) is 9.39. The van der Waals surface area contributed by atoms with Gasteiger partial charge in [0.1, 0.15) is 11.3 Å². The fourth-order valence-corrected chi connectivity index (χ4v) is 3.24. The van der Waals surface area contributed by atoms with Crippen LogP contribution in [0.25, 0.3) is 22.1 Å². The maximum atomic E-state index is 13.7. The Morgan fingerprint density at radius 3 is 2.55 bits per heavy atom. The lowest BCUT2D eigenvalue weighted by atomic mass is 9.95. The third-order valence-electron chi connectivity index (χ3n) is 4.68. The summed E-state index contributed by atoms with van der Waals surface area (Å²) in [6.45, 7) is 5.49. The molecule has 0 saturated carbocycles. The molecule has 1 heterocycles. The minimum atomic E-state index is -4.58. The Morgan fingerprint density at radius 2 is 1.86 bits per heavy atom. The summed E-state index contributed by atoms with van der Waals surface area (Å²) in [6.07, 6.45) is -0.0305. The fourth-order valence-electron chi connectivity index (χ4n) is 3.24. The van der Waals surface area contributed by atoms with Crippen molar-refractivity contribution in [2.24, 2.45) is 0 Å². The lowest BCUT2D eigenvalue weighted by molar-refractivity contribution is -0.137. The Labute approximate surface area is 166 Å². The van der Waals surface area contributed by atoms with E-state index in [0.717, 1.165) is 25.3 Å². The summed E-state index contributed by atoms with van der Waals surface area (Å²) in [5.41, 5.74) is -1.14. The van der Waals surface area contributed by atoms with Gasteiger partial charge < -0.3 is 9.15 Å². The number of hydrogen-bond acceptors (Lipinski definition) is 3. The van der Waals surface area contributed by atoms with Gasteiger partial charge in [-0.2, -0.15) is 13.2 Å². The van der Waals surface area contributed by atoms with Gasteiger partial charge in [0.25, 0.3) is 0 Å². The van der Waals surface area contributed by atoms with E-state index in [1.807, 2.05) is 6.92 Å². The van der Waals surface area contributed by atoms with Crippen molar-refractivity contribution in [2.45, 2.75) is 38.8 Å². The maximum absolute atomic E-state index is 13.7. The third-order valence-corrected chi connectivity index (χ3v) is 4.68. The smallest absolute Gasteiger partial charge is 0.417 e. The van der Waals surface area contributed by atoms with E-state index in [4.69, 9.17) is 9.15 Å². The number of unbranched alkanes of at least 4 members (excludes halogenated alkanes) is 2. The summed E-state index contributed by atoms with van der Waals surface area (Å²) in [5, 5.41) is 0.496. The van der Waals surface area contributed by atoms with Crippen LogP contribution in [0.1, 0.15) is 37.3 Å². The highest BCUT2D eigenvalue weighted by Gasteiger charge is 2.34. The van der Waals surface area contributed by atoms with Crippen molar-refractivity contribution < 1.29 is 22.3 Å². The molecule has 152 valence electrons. The van der Waals surface area contributed by atoms with Crippen molar-refractivity contribution in [3.8, 4) is 16.9 Å². The van der Waals surface area contributed by atoms with E-state index in [0.29, 0.717) is 23.1 Å². The van der Waals surface area contributed by atoms with E-state index in [1.54, 1.807) is 18.2 Å². The van der Waals surface area contributed by atoms with Crippen LogP contribution in [0, 0.1) is 0 Å². The van der Waals surface area contributed by atoms with E-state index in [-0.39, 0.29) is 16.7 Å². The molecule has 3 rings (SSSR count). The first kappa shape index (κ1) is 20.7. The average Bonchev–Trinajstić information content (AvgIpc) is 2.67. The second-order valence-electron chi connectivity index (χ2n) is 6.77. The molecule has 0 aliphatic rings. The van der Waals surface area contributed by atoms with E-state index < -0.39 is 17.4 Å².